The van der Waals surface area contributed by atoms with Crippen molar-refractivity contribution >= 4 is 22.2 Å². The molecule has 1 atom stereocenters. The topological polar surface area (TPSA) is 95.5 Å². The second-order valence-corrected chi connectivity index (χ2v) is 5.71. The lowest BCUT2D eigenvalue weighted by atomic mass is 10.2. The van der Waals surface area contributed by atoms with Gasteiger partial charge in [-0.25, -0.2) is 0 Å². The highest BCUT2D eigenvalue weighted by Crippen LogP contribution is 2.28. The normalized spacial score (nSPS) is 11.9. The van der Waals surface area contributed by atoms with Crippen molar-refractivity contribution in [1.82, 2.24) is 0 Å². The molecule has 2 rings (SSSR count). The molecule has 0 aliphatic carbocycles. The van der Waals surface area contributed by atoms with Crippen LogP contribution in [0.15, 0.2) is 47.4 Å². The first-order chi connectivity index (χ1) is 10.0. The SMILES string of the molecule is COc1cc(N)ccc1S(=O)Cc1ccccc1[N+](=O)[O-]. The first-order valence-electron chi connectivity index (χ1n) is 6.07. The summed E-state index contributed by atoms with van der Waals surface area (Å²) < 4.78 is 17.6. The van der Waals surface area contributed by atoms with Crippen molar-refractivity contribution in [3.63, 3.8) is 0 Å². The molecule has 2 aromatic carbocycles. The van der Waals surface area contributed by atoms with Gasteiger partial charge in [-0.2, -0.15) is 0 Å². The highest BCUT2D eigenvalue weighted by Gasteiger charge is 2.18. The molecule has 0 spiro atoms. The van der Waals surface area contributed by atoms with E-state index in [9.17, 15) is 14.3 Å². The fraction of sp³-hybridized carbons (Fsp3) is 0.143. The molecule has 2 aromatic rings. The van der Waals surface area contributed by atoms with Crippen LogP contribution < -0.4 is 10.5 Å². The molecule has 2 N–H and O–H groups in total. The molecule has 21 heavy (non-hydrogen) atoms. The highest BCUT2D eigenvalue weighted by molar-refractivity contribution is 7.84. The Hall–Kier alpha value is -2.41. The average Bonchev–Trinajstić information content (AvgIpc) is 2.47. The molecule has 0 aliphatic heterocycles. The van der Waals surface area contributed by atoms with E-state index in [0.717, 1.165) is 0 Å². The monoisotopic (exact) mass is 306 g/mol. The van der Waals surface area contributed by atoms with Gasteiger partial charge in [-0.15, -0.1) is 0 Å². The second-order valence-electron chi connectivity index (χ2n) is 4.29. The Kier molecular flexibility index (Phi) is 4.54. The Balaban J connectivity index is 2.33. The van der Waals surface area contributed by atoms with Crippen LogP contribution in [-0.4, -0.2) is 16.2 Å². The quantitative estimate of drug-likeness (QED) is 0.520. The lowest BCUT2D eigenvalue weighted by Gasteiger charge is -2.09. The number of nitro groups is 1. The number of nitrogen functional groups attached to an aromatic ring is 1. The summed E-state index contributed by atoms with van der Waals surface area (Å²) >= 11 is 0. The third-order valence-electron chi connectivity index (χ3n) is 2.91. The maximum Gasteiger partial charge on any atom is 0.273 e. The molecule has 0 saturated heterocycles. The van der Waals surface area contributed by atoms with Crippen LogP contribution in [0.3, 0.4) is 0 Å². The molecule has 0 aliphatic rings. The van der Waals surface area contributed by atoms with Gasteiger partial charge >= 0.3 is 0 Å². The van der Waals surface area contributed by atoms with Crippen molar-refractivity contribution in [2.24, 2.45) is 0 Å². The summed E-state index contributed by atoms with van der Waals surface area (Å²) in [5.74, 6) is 0.448. The van der Waals surface area contributed by atoms with Gasteiger partial charge in [0.25, 0.3) is 5.69 Å². The number of benzene rings is 2. The Morgan fingerprint density at radius 3 is 2.67 bits per heavy atom. The highest BCUT2D eigenvalue weighted by atomic mass is 32.2. The molecule has 0 radical (unpaired) electrons. The van der Waals surface area contributed by atoms with Crippen LogP contribution in [0.1, 0.15) is 5.56 Å². The molecule has 0 heterocycles. The van der Waals surface area contributed by atoms with Crippen LogP contribution in [0.2, 0.25) is 0 Å². The minimum atomic E-state index is -1.47. The van der Waals surface area contributed by atoms with Crippen molar-refractivity contribution in [2.75, 3.05) is 12.8 Å². The van der Waals surface area contributed by atoms with Crippen molar-refractivity contribution in [3.05, 3.63) is 58.1 Å². The zero-order valence-corrected chi connectivity index (χ0v) is 12.1. The molecular weight excluding hydrogens is 292 g/mol. The van der Waals surface area contributed by atoms with Crippen LogP contribution in [0.25, 0.3) is 0 Å². The van der Waals surface area contributed by atoms with Gasteiger partial charge in [-0.1, -0.05) is 18.2 Å². The molecule has 0 fully saturated rings. The fourth-order valence-corrected chi connectivity index (χ4v) is 3.17. The summed E-state index contributed by atoms with van der Waals surface area (Å²) in [4.78, 5) is 11.0. The number of nitrogens with zero attached hydrogens (tertiary/aromatic N) is 1. The van der Waals surface area contributed by atoms with E-state index in [0.29, 0.717) is 21.9 Å². The van der Waals surface area contributed by atoms with E-state index in [1.165, 1.54) is 13.2 Å². The van der Waals surface area contributed by atoms with Crippen LogP contribution >= 0.6 is 0 Å². The third-order valence-corrected chi connectivity index (χ3v) is 4.31. The molecule has 7 heteroatoms. The van der Waals surface area contributed by atoms with Gasteiger partial charge in [0.2, 0.25) is 0 Å². The van der Waals surface area contributed by atoms with E-state index >= 15 is 0 Å². The van der Waals surface area contributed by atoms with E-state index < -0.39 is 15.7 Å². The summed E-state index contributed by atoms with van der Waals surface area (Å²) in [7, 11) is -0.00714. The second kappa shape index (κ2) is 6.36. The van der Waals surface area contributed by atoms with Crippen LogP contribution in [0.5, 0.6) is 5.75 Å². The van der Waals surface area contributed by atoms with Crippen molar-refractivity contribution in [1.29, 1.82) is 0 Å². The van der Waals surface area contributed by atoms with E-state index in [1.807, 2.05) is 0 Å². The number of hydrogen-bond acceptors (Lipinski definition) is 5. The van der Waals surface area contributed by atoms with Gasteiger partial charge in [0.15, 0.2) is 0 Å². The van der Waals surface area contributed by atoms with E-state index in [2.05, 4.69) is 0 Å². The Labute approximate surface area is 124 Å². The van der Waals surface area contributed by atoms with E-state index in [-0.39, 0.29) is 11.4 Å². The Morgan fingerprint density at radius 1 is 1.29 bits per heavy atom. The minimum absolute atomic E-state index is 0.0391. The molecule has 1 unspecified atom stereocenters. The van der Waals surface area contributed by atoms with Crippen molar-refractivity contribution < 1.29 is 13.9 Å². The number of hydrogen-bond donors (Lipinski definition) is 1. The van der Waals surface area contributed by atoms with Gasteiger partial charge < -0.3 is 10.5 Å². The van der Waals surface area contributed by atoms with Gasteiger partial charge in [0.1, 0.15) is 5.75 Å². The first-order valence-corrected chi connectivity index (χ1v) is 7.39. The van der Waals surface area contributed by atoms with E-state index in [4.69, 9.17) is 10.5 Å². The summed E-state index contributed by atoms with van der Waals surface area (Å²) in [6.07, 6.45) is 0. The largest absolute Gasteiger partial charge is 0.495 e. The van der Waals surface area contributed by atoms with E-state index in [1.54, 1.807) is 36.4 Å². The maximum atomic E-state index is 12.4. The third kappa shape index (κ3) is 3.38. The lowest BCUT2D eigenvalue weighted by Crippen LogP contribution is -2.03. The number of anilines is 1. The maximum absolute atomic E-state index is 12.4. The van der Waals surface area contributed by atoms with Crippen LogP contribution in [0.4, 0.5) is 11.4 Å². The summed E-state index contributed by atoms with van der Waals surface area (Å²) in [6.45, 7) is 0. The molecular formula is C14H14N2O4S. The van der Waals surface area contributed by atoms with Crippen LogP contribution in [-0.2, 0) is 16.6 Å². The Bertz CT molecular complexity index is 703. The van der Waals surface area contributed by atoms with Crippen molar-refractivity contribution in [2.45, 2.75) is 10.6 Å². The smallest absolute Gasteiger partial charge is 0.273 e. The number of para-hydroxylation sites is 1. The van der Waals surface area contributed by atoms with Crippen LogP contribution in [0, 0.1) is 10.1 Å². The average molecular weight is 306 g/mol. The molecule has 110 valence electrons. The summed E-state index contributed by atoms with van der Waals surface area (Å²) in [6, 6.07) is 11.1. The van der Waals surface area contributed by atoms with Gasteiger partial charge in [0, 0.05) is 23.4 Å². The van der Waals surface area contributed by atoms with Gasteiger partial charge in [0.05, 0.1) is 33.5 Å². The zero-order valence-electron chi connectivity index (χ0n) is 11.3. The predicted octanol–water partition coefficient (Wildman–Crippen LogP) is 2.49. The fourth-order valence-electron chi connectivity index (χ4n) is 1.90. The first kappa shape index (κ1) is 15.0. The van der Waals surface area contributed by atoms with Gasteiger partial charge in [-0.05, 0) is 12.1 Å². The number of ether oxygens (including phenoxy) is 1. The molecule has 0 amide bonds. The molecule has 0 aromatic heterocycles. The number of methoxy groups -OCH3 is 1. The Morgan fingerprint density at radius 2 is 2.00 bits per heavy atom. The predicted molar refractivity (Wildman–Crippen MR) is 80.6 cm³/mol. The summed E-state index contributed by atoms with van der Waals surface area (Å²) in [5, 5.41) is 11.0. The lowest BCUT2D eigenvalue weighted by molar-refractivity contribution is -0.385. The number of rotatable bonds is 5. The standard InChI is InChI=1S/C14H14N2O4S/c1-20-13-8-11(15)6-7-14(13)21(19)9-10-4-2-3-5-12(10)16(17)18/h2-8H,9,15H2,1H3. The van der Waals surface area contributed by atoms with Gasteiger partial charge in [-0.3, -0.25) is 14.3 Å². The minimum Gasteiger partial charge on any atom is -0.495 e. The molecule has 0 bridgehead atoms. The molecule has 0 saturated carbocycles. The van der Waals surface area contributed by atoms with Crippen molar-refractivity contribution in [3.8, 4) is 5.75 Å². The molecule has 6 nitrogen and oxygen atoms in total. The zero-order chi connectivity index (χ0) is 15.4. The summed E-state index contributed by atoms with van der Waals surface area (Å²) in [5.41, 5.74) is 6.52. The number of nitrogens with two attached hydrogens (primary N) is 1. The number of nitro benzene ring substituents is 1.